The van der Waals surface area contributed by atoms with Crippen LogP contribution in [0, 0.1) is 0 Å². The average molecular weight is 407 g/mol. The zero-order valence-electron chi connectivity index (χ0n) is 18.5. The molecule has 0 bridgehead atoms. The SMILES string of the molecule is CCCCCCCCOP(=O)(CCOCCCC)OCCCCCCCC. The van der Waals surface area contributed by atoms with Gasteiger partial charge in [0.05, 0.1) is 26.0 Å². The quantitative estimate of drug-likeness (QED) is 0.136. The largest absolute Gasteiger partial charge is 0.381 e. The molecule has 0 aromatic heterocycles. The van der Waals surface area contributed by atoms with E-state index in [1.807, 2.05) is 0 Å². The first kappa shape index (κ1) is 27.1. The molecule has 5 heteroatoms. The molecular formula is C22H47O4P. The van der Waals surface area contributed by atoms with E-state index in [4.69, 9.17) is 13.8 Å². The fourth-order valence-corrected chi connectivity index (χ4v) is 4.36. The van der Waals surface area contributed by atoms with Crippen LogP contribution in [0.15, 0.2) is 0 Å². The monoisotopic (exact) mass is 406 g/mol. The van der Waals surface area contributed by atoms with Crippen LogP contribution >= 0.6 is 7.60 Å². The van der Waals surface area contributed by atoms with Crippen LogP contribution in [0.3, 0.4) is 0 Å². The number of unbranched alkanes of at least 4 members (excludes halogenated alkanes) is 11. The number of ether oxygens (including phenoxy) is 1. The molecule has 0 spiro atoms. The maximum absolute atomic E-state index is 13.0. The molecule has 0 aliphatic rings. The Kier molecular flexibility index (Phi) is 20.9. The van der Waals surface area contributed by atoms with E-state index in [9.17, 15) is 4.57 Å². The van der Waals surface area contributed by atoms with E-state index in [1.54, 1.807) is 0 Å². The third-order valence-electron chi connectivity index (χ3n) is 4.72. The third kappa shape index (κ3) is 19.2. The van der Waals surface area contributed by atoms with Crippen LogP contribution in [0.5, 0.6) is 0 Å². The predicted octanol–water partition coefficient (Wildman–Crippen LogP) is 7.75. The molecule has 164 valence electrons. The average Bonchev–Trinajstić information content (AvgIpc) is 2.66. The van der Waals surface area contributed by atoms with Crippen molar-refractivity contribution in [3.8, 4) is 0 Å². The van der Waals surface area contributed by atoms with Gasteiger partial charge in [0.15, 0.2) is 0 Å². The second kappa shape index (κ2) is 20.8. The number of rotatable bonds is 22. The molecule has 0 fully saturated rings. The predicted molar refractivity (Wildman–Crippen MR) is 117 cm³/mol. The molecule has 4 nitrogen and oxygen atoms in total. The standard InChI is InChI=1S/C22H47O4P/c1-4-7-10-12-14-16-19-25-27(23,22-21-24-18-9-6-3)26-20-17-15-13-11-8-5-2/h4-22H2,1-3H3. The highest BCUT2D eigenvalue weighted by Crippen LogP contribution is 2.48. The molecule has 0 rings (SSSR count). The second-order valence-corrected chi connectivity index (χ2v) is 9.69. The van der Waals surface area contributed by atoms with E-state index in [0.717, 1.165) is 45.1 Å². The zero-order valence-corrected chi connectivity index (χ0v) is 19.4. The molecule has 0 heterocycles. The summed E-state index contributed by atoms with van der Waals surface area (Å²) in [6.07, 6.45) is 16.9. The van der Waals surface area contributed by atoms with Gasteiger partial charge in [0, 0.05) is 6.61 Å². The van der Waals surface area contributed by atoms with Crippen LogP contribution < -0.4 is 0 Å². The highest BCUT2D eigenvalue weighted by atomic mass is 31.2. The Morgan fingerprint density at radius 1 is 0.519 bits per heavy atom. The van der Waals surface area contributed by atoms with Crippen LogP contribution in [0.25, 0.3) is 0 Å². The van der Waals surface area contributed by atoms with Crippen molar-refractivity contribution >= 4 is 7.60 Å². The lowest BCUT2D eigenvalue weighted by Crippen LogP contribution is -2.08. The van der Waals surface area contributed by atoms with E-state index in [2.05, 4.69) is 20.8 Å². The summed E-state index contributed by atoms with van der Waals surface area (Å²) >= 11 is 0. The lowest BCUT2D eigenvalue weighted by Gasteiger charge is -2.19. The van der Waals surface area contributed by atoms with Crippen molar-refractivity contribution in [2.75, 3.05) is 32.6 Å². The summed E-state index contributed by atoms with van der Waals surface area (Å²) in [5.41, 5.74) is 0. The van der Waals surface area contributed by atoms with Gasteiger partial charge in [0.25, 0.3) is 0 Å². The molecule has 0 aromatic carbocycles. The van der Waals surface area contributed by atoms with Gasteiger partial charge in [-0.3, -0.25) is 4.57 Å². The van der Waals surface area contributed by atoms with Gasteiger partial charge in [-0.2, -0.15) is 0 Å². The summed E-state index contributed by atoms with van der Waals surface area (Å²) in [6.45, 7) is 8.85. The minimum absolute atomic E-state index is 0.377. The Labute approximate surface area is 169 Å². The van der Waals surface area contributed by atoms with Crippen molar-refractivity contribution in [1.29, 1.82) is 0 Å². The van der Waals surface area contributed by atoms with E-state index in [0.29, 0.717) is 26.0 Å². The Morgan fingerprint density at radius 2 is 0.963 bits per heavy atom. The van der Waals surface area contributed by atoms with Gasteiger partial charge in [0.2, 0.25) is 0 Å². The minimum atomic E-state index is -3.02. The fraction of sp³-hybridized carbons (Fsp3) is 1.00. The highest BCUT2D eigenvalue weighted by molar-refractivity contribution is 7.53. The van der Waals surface area contributed by atoms with Crippen molar-refractivity contribution in [3.63, 3.8) is 0 Å². The van der Waals surface area contributed by atoms with E-state index < -0.39 is 7.60 Å². The normalized spacial score (nSPS) is 12.0. The first-order valence-electron chi connectivity index (χ1n) is 11.6. The molecule has 0 saturated carbocycles. The molecule has 0 unspecified atom stereocenters. The van der Waals surface area contributed by atoms with Crippen LogP contribution in [0.4, 0.5) is 0 Å². The van der Waals surface area contributed by atoms with Gasteiger partial charge in [0.1, 0.15) is 0 Å². The van der Waals surface area contributed by atoms with Gasteiger partial charge in [-0.1, -0.05) is 91.4 Å². The molecule has 0 N–H and O–H groups in total. The van der Waals surface area contributed by atoms with Gasteiger partial charge in [-0.05, 0) is 19.3 Å². The topological polar surface area (TPSA) is 44.8 Å². The maximum Gasteiger partial charge on any atom is 0.332 e. The molecule has 0 aromatic rings. The van der Waals surface area contributed by atoms with Gasteiger partial charge >= 0.3 is 7.60 Å². The summed E-state index contributed by atoms with van der Waals surface area (Å²) < 4.78 is 30.1. The lowest BCUT2D eigenvalue weighted by atomic mass is 10.1. The van der Waals surface area contributed by atoms with Gasteiger partial charge in [-0.25, -0.2) is 0 Å². The smallest absolute Gasteiger partial charge is 0.332 e. The Hall–Kier alpha value is 0.110. The van der Waals surface area contributed by atoms with Gasteiger partial charge < -0.3 is 13.8 Å². The number of hydrogen-bond acceptors (Lipinski definition) is 4. The van der Waals surface area contributed by atoms with Crippen molar-refractivity contribution in [2.24, 2.45) is 0 Å². The highest BCUT2D eigenvalue weighted by Gasteiger charge is 2.24. The van der Waals surface area contributed by atoms with Gasteiger partial charge in [-0.15, -0.1) is 0 Å². The van der Waals surface area contributed by atoms with Crippen LogP contribution in [0.2, 0.25) is 0 Å². The molecule has 0 aliphatic heterocycles. The van der Waals surface area contributed by atoms with Crippen molar-refractivity contribution < 1.29 is 18.3 Å². The molecule has 0 radical (unpaired) electrons. The molecule has 0 saturated heterocycles. The third-order valence-corrected chi connectivity index (χ3v) is 6.61. The first-order chi connectivity index (χ1) is 13.2. The Balaban J connectivity index is 4.02. The Morgan fingerprint density at radius 3 is 1.44 bits per heavy atom. The van der Waals surface area contributed by atoms with Crippen molar-refractivity contribution in [2.45, 2.75) is 111 Å². The summed E-state index contributed by atoms with van der Waals surface area (Å²) in [6, 6.07) is 0. The van der Waals surface area contributed by atoms with E-state index in [1.165, 1.54) is 51.4 Å². The summed E-state index contributed by atoms with van der Waals surface area (Å²) in [5.74, 6) is 0. The summed E-state index contributed by atoms with van der Waals surface area (Å²) in [7, 11) is -3.02. The van der Waals surface area contributed by atoms with Crippen LogP contribution in [-0.2, 0) is 18.3 Å². The minimum Gasteiger partial charge on any atom is -0.381 e. The Bertz CT molecular complexity index is 314. The molecular weight excluding hydrogens is 359 g/mol. The molecule has 27 heavy (non-hydrogen) atoms. The first-order valence-corrected chi connectivity index (χ1v) is 13.4. The van der Waals surface area contributed by atoms with Crippen LogP contribution in [0.1, 0.15) is 111 Å². The fourth-order valence-electron chi connectivity index (χ4n) is 2.86. The summed E-state index contributed by atoms with van der Waals surface area (Å²) in [4.78, 5) is 0. The second-order valence-electron chi connectivity index (χ2n) is 7.50. The lowest BCUT2D eigenvalue weighted by molar-refractivity contribution is 0.134. The van der Waals surface area contributed by atoms with E-state index in [-0.39, 0.29) is 0 Å². The zero-order chi connectivity index (χ0) is 20.1. The molecule has 0 amide bonds. The van der Waals surface area contributed by atoms with E-state index >= 15 is 0 Å². The number of hydrogen-bond donors (Lipinski definition) is 0. The van der Waals surface area contributed by atoms with Crippen molar-refractivity contribution in [1.82, 2.24) is 0 Å². The molecule has 0 aliphatic carbocycles. The van der Waals surface area contributed by atoms with Crippen LogP contribution in [-0.4, -0.2) is 32.6 Å². The molecule has 0 atom stereocenters. The van der Waals surface area contributed by atoms with Crippen molar-refractivity contribution in [3.05, 3.63) is 0 Å². The summed E-state index contributed by atoms with van der Waals surface area (Å²) in [5, 5.41) is 0. The maximum atomic E-state index is 13.0.